The maximum atomic E-state index is 6.00. The summed E-state index contributed by atoms with van der Waals surface area (Å²) in [4.78, 5) is 4.50. The predicted molar refractivity (Wildman–Crippen MR) is 82.7 cm³/mol. The van der Waals surface area contributed by atoms with Crippen LogP contribution in [0.5, 0.6) is 17.2 Å². The van der Waals surface area contributed by atoms with Crippen LogP contribution in [0.1, 0.15) is 5.69 Å². The largest absolute Gasteiger partial charge is 0.497 e. The van der Waals surface area contributed by atoms with E-state index in [1.807, 2.05) is 54.6 Å². The van der Waals surface area contributed by atoms with Crippen molar-refractivity contribution >= 4 is 10.9 Å². The van der Waals surface area contributed by atoms with E-state index >= 15 is 0 Å². The number of aromatic nitrogens is 1. The lowest BCUT2D eigenvalue weighted by Crippen LogP contribution is -2.00. The number of para-hydroxylation sites is 1. The fourth-order valence-electron chi connectivity index (χ4n) is 2.18. The number of hydrogen-bond donors (Lipinski definition) is 1. The Labute approximate surface area is 123 Å². The van der Waals surface area contributed by atoms with E-state index in [0.717, 1.165) is 28.1 Å². The lowest BCUT2D eigenvalue weighted by atomic mass is 10.2. The van der Waals surface area contributed by atoms with Crippen molar-refractivity contribution in [2.45, 2.75) is 6.54 Å². The van der Waals surface area contributed by atoms with Crippen molar-refractivity contribution in [1.29, 1.82) is 0 Å². The molecule has 3 rings (SSSR count). The molecule has 0 saturated carbocycles. The van der Waals surface area contributed by atoms with Crippen LogP contribution in [0.25, 0.3) is 10.9 Å². The summed E-state index contributed by atoms with van der Waals surface area (Å²) in [6, 6.07) is 17.2. The Balaban J connectivity index is 2.06. The first-order valence-electron chi connectivity index (χ1n) is 6.71. The van der Waals surface area contributed by atoms with Crippen molar-refractivity contribution in [1.82, 2.24) is 4.98 Å². The van der Waals surface area contributed by atoms with E-state index in [1.54, 1.807) is 7.11 Å². The minimum atomic E-state index is 0.374. The van der Waals surface area contributed by atoms with Crippen molar-refractivity contribution in [3.05, 3.63) is 60.3 Å². The summed E-state index contributed by atoms with van der Waals surface area (Å²) < 4.78 is 11.2. The Kier molecular flexibility index (Phi) is 3.71. The fraction of sp³-hybridized carbons (Fsp3) is 0.118. The third kappa shape index (κ3) is 2.80. The molecule has 4 heteroatoms. The molecule has 1 heterocycles. The first-order chi connectivity index (χ1) is 10.3. The molecule has 2 aromatic carbocycles. The van der Waals surface area contributed by atoms with Crippen molar-refractivity contribution < 1.29 is 9.47 Å². The molecule has 2 N–H and O–H groups in total. The predicted octanol–water partition coefficient (Wildman–Crippen LogP) is 3.49. The van der Waals surface area contributed by atoms with E-state index < -0.39 is 0 Å². The van der Waals surface area contributed by atoms with Gasteiger partial charge in [-0.2, -0.15) is 0 Å². The van der Waals surface area contributed by atoms with Gasteiger partial charge >= 0.3 is 0 Å². The molecular weight excluding hydrogens is 264 g/mol. The molecular formula is C17H16N2O2. The summed E-state index contributed by atoms with van der Waals surface area (Å²) in [6.45, 7) is 0.374. The highest BCUT2D eigenvalue weighted by Crippen LogP contribution is 2.31. The highest BCUT2D eigenvalue weighted by atomic mass is 16.5. The van der Waals surface area contributed by atoms with Gasteiger partial charge in [0.25, 0.3) is 0 Å². The van der Waals surface area contributed by atoms with Gasteiger partial charge in [-0.25, -0.2) is 0 Å². The standard InChI is InChI=1S/C17H16N2O2/c1-20-13-5-4-6-14(10-13)21-17-9-12(11-18)19-16-8-3-2-7-15(16)17/h2-10H,11,18H2,1H3. The van der Waals surface area contributed by atoms with Gasteiger partial charge in [0.15, 0.2) is 0 Å². The number of ether oxygens (including phenoxy) is 2. The molecule has 21 heavy (non-hydrogen) atoms. The van der Waals surface area contributed by atoms with Crippen LogP contribution in [0.15, 0.2) is 54.6 Å². The van der Waals surface area contributed by atoms with Crippen LogP contribution in [-0.4, -0.2) is 12.1 Å². The zero-order chi connectivity index (χ0) is 14.7. The van der Waals surface area contributed by atoms with E-state index in [1.165, 1.54) is 0 Å². The van der Waals surface area contributed by atoms with Gasteiger partial charge in [-0.15, -0.1) is 0 Å². The maximum Gasteiger partial charge on any atom is 0.138 e. The molecule has 4 nitrogen and oxygen atoms in total. The molecule has 0 amide bonds. The molecule has 0 atom stereocenters. The van der Waals surface area contributed by atoms with Gasteiger partial charge in [-0.1, -0.05) is 18.2 Å². The van der Waals surface area contributed by atoms with E-state index in [9.17, 15) is 0 Å². The molecule has 0 fully saturated rings. The van der Waals surface area contributed by atoms with Crippen LogP contribution in [0.2, 0.25) is 0 Å². The van der Waals surface area contributed by atoms with Crippen LogP contribution in [0.4, 0.5) is 0 Å². The summed E-state index contributed by atoms with van der Waals surface area (Å²) in [7, 11) is 1.63. The molecule has 0 unspecified atom stereocenters. The van der Waals surface area contributed by atoms with Gasteiger partial charge in [-0.05, 0) is 24.3 Å². The van der Waals surface area contributed by atoms with E-state index in [2.05, 4.69) is 4.98 Å². The van der Waals surface area contributed by atoms with Crippen molar-refractivity contribution in [3.8, 4) is 17.2 Å². The number of fused-ring (bicyclic) bond motifs is 1. The van der Waals surface area contributed by atoms with E-state index in [4.69, 9.17) is 15.2 Å². The summed E-state index contributed by atoms with van der Waals surface area (Å²) in [5.41, 5.74) is 7.38. The normalized spacial score (nSPS) is 10.6. The Bertz CT molecular complexity index is 772. The zero-order valence-electron chi connectivity index (χ0n) is 11.7. The molecule has 0 aliphatic rings. The molecule has 0 radical (unpaired) electrons. The molecule has 0 spiro atoms. The van der Waals surface area contributed by atoms with Crippen LogP contribution in [0, 0.1) is 0 Å². The Hall–Kier alpha value is -2.59. The third-order valence-electron chi connectivity index (χ3n) is 3.21. The van der Waals surface area contributed by atoms with Crippen molar-refractivity contribution in [2.24, 2.45) is 5.73 Å². The first kappa shape index (κ1) is 13.4. The van der Waals surface area contributed by atoms with Crippen LogP contribution in [-0.2, 0) is 6.54 Å². The summed E-state index contributed by atoms with van der Waals surface area (Å²) in [5, 5.41) is 0.956. The Morgan fingerprint density at radius 2 is 1.81 bits per heavy atom. The highest BCUT2D eigenvalue weighted by molar-refractivity contribution is 5.85. The van der Waals surface area contributed by atoms with E-state index in [-0.39, 0.29) is 0 Å². The van der Waals surface area contributed by atoms with Crippen molar-refractivity contribution in [2.75, 3.05) is 7.11 Å². The second kappa shape index (κ2) is 5.81. The fourth-order valence-corrected chi connectivity index (χ4v) is 2.18. The van der Waals surface area contributed by atoms with Gasteiger partial charge in [0.1, 0.15) is 17.2 Å². The SMILES string of the molecule is COc1cccc(Oc2cc(CN)nc3ccccc23)c1. The molecule has 106 valence electrons. The van der Waals surface area contributed by atoms with Gasteiger partial charge in [0.05, 0.1) is 18.3 Å². The monoisotopic (exact) mass is 280 g/mol. The highest BCUT2D eigenvalue weighted by Gasteiger charge is 2.07. The van der Waals surface area contributed by atoms with E-state index in [0.29, 0.717) is 12.3 Å². The molecule has 3 aromatic rings. The summed E-state index contributed by atoms with van der Waals surface area (Å²) in [6.07, 6.45) is 0. The topological polar surface area (TPSA) is 57.4 Å². The second-order valence-electron chi connectivity index (χ2n) is 4.61. The van der Waals surface area contributed by atoms with Gasteiger partial charge in [-0.3, -0.25) is 4.98 Å². The van der Waals surface area contributed by atoms with Crippen LogP contribution in [0.3, 0.4) is 0 Å². The number of pyridine rings is 1. The van der Waals surface area contributed by atoms with Crippen LogP contribution >= 0.6 is 0 Å². The third-order valence-corrected chi connectivity index (χ3v) is 3.21. The lowest BCUT2D eigenvalue weighted by molar-refractivity contribution is 0.409. The number of nitrogens with zero attached hydrogens (tertiary/aromatic N) is 1. The zero-order valence-corrected chi connectivity index (χ0v) is 11.7. The van der Waals surface area contributed by atoms with Crippen molar-refractivity contribution in [3.63, 3.8) is 0 Å². The number of hydrogen-bond acceptors (Lipinski definition) is 4. The summed E-state index contributed by atoms with van der Waals surface area (Å²) in [5.74, 6) is 2.22. The lowest BCUT2D eigenvalue weighted by Gasteiger charge is -2.11. The Morgan fingerprint density at radius 3 is 2.62 bits per heavy atom. The molecule has 1 aromatic heterocycles. The molecule has 0 aliphatic carbocycles. The van der Waals surface area contributed by atoms with Crippen LogP contribution < -0.4 is 15.2 Å². The first-order valence-corrected chi connectivity index (χ1v) is 6.71. The smallest absolute Gasteiger partial charge is 0.138 e. The van der Waals surface area contributed by atoms with Gasteiger partial charge in [0, 0.05) is 24.1 Å². The second-order valence-corrected chi connectivity index (χ2v) is 4.61. The number of methoxy groups -OCH3 is 1. The van der Waals surface area contributed by atoms with Gasteiger partial charge < -0.3 is 15.2 Å². The molecule has 0 saturated heterocycles. The molecule has 0 aliphatic heterocycles. The average Bonchev–Trinajstić information content (AvgIpc) is 2.55. The minimum Gasteiger partial charge on any atom is -0.497 e. The maximum absolute atomic E-state index is 6.00. The Morgan fingerprint density at radius 1 is 1.00 bits per heavy atom. The number of benzene rings is 2. The number of nitrogens with two attached hydrogens (primary N) is 1. The number of rotatable bonds is 4. The quantitative estimate of drug-likeness (QED) is 0.794. The van der Waals surface area contributed by atoms with Gasteiger partial charge in [0.2, 0.25) is 0 Å². The molecule has 0 bridgehead atoms. The summed E-state index contributed by atoms with van der Waals surface area (Å²) >= 11 is 0. The minimum absolute atomic E-state index is 0.374. The average molecular weight is 280 g/mol.